The first-order chi connectivity index (χ1) is 25.6. The van der Waals surface area contributed by atoms with Gasteiger partial charge in [0, 0.05) is 45.9 Å². The molecule has 8 atom stereocenters. The Labute approximate surface area is 324 Å². The molecule has 0 radical (unpaired) electrons. The van der Waals surface area contributed by atoms with Crippen LogP contribution in [-0.4, -0.2) is 128 Å². The highest BCUT2D eigenvalue weighted by Crippen LogP contribution is 2.30. The predicted octanol–water partition coefficient (Wildman–Crippen LogP) is 4.54. The molecule has 0 spiro atoms. The van der Waals surface area contributed by atoms with Gasteiger partial charge < -0.3 is 29.9 Å². The standard InChI is InChI=1S/C42H68N6O6/c1-13-28(6)38(47(10)42(52)36(26(2)3)45-41(51)37(27(4)5)46(8)9)34(53-11)24-35(49)48-22-16-19-33(48)39(54-12)29(7)40(50)43-21-20-30-23-31-17-14-15-18-32(31)44-25-30/h14-15,17-18,23,25-29,33-34,36-39H,13,16,19-22,24H2,1-12H3,(H,43,50)(H,45,51)/t28-,29+,33-,34+,36-,37?,38?,39+/m0/s1. The van der Waals surface area contributed by atoms with E-state index in [9.17, 15) is 19.2 Å². The third kappa shape index (κ3) is 11.2. The number of fused-ring (bicyclic) bond motifs is 1. The average molecular weight is 753 g/mol. The van der Waals surface area contributed by atoms with Crippen molar-refractivity contribution in [2.75, 3.05) is 48.5 Å². The summed E-state index contributed by atoms with van der Waals surface area (Å²) in [5.74, 6) is -1.23. The van der Waals surface area contributed by atoms with Crippen molar-refractivity contribution >= 4 is 34.5 Å². The first-order valence-electron chi connectivity index (χ1n) is 19.8. The number of methoxy groups -OCH3 is 2. The summed E-state index contributed by atoms with van der Waals surface area (Å²) in [5.41, 5.74) is 1.98. The monoisotopic (exact) mass is 753 g/mol. The van der Waals surface area contributed by atoms with Crippen molar-refractivity contribution in [1.82, 2.24) is 30.3 Å². The number of rotatable bonds is 20. The first kappa shape index (κ1) is 44.8. The Morgan fingerprint density at radius 1 is 0.963 bits per heavy atom. The quantitative estimate of drug-likeness (QED) is 0.202. The molecular weight excluding hydrogens is 684 g/mol. The van der Waals surface area contributed by atoms with Gasteiger partial charge in [-0.05, 0) is 68.8 Å². The van der Waals surface area contributed by atoms with Crippen LogP contribution in [0.4, 0.5) is 0 Å². The van der Waals surface area contributed by atoms with Crippen LogP contribution in [0.15, 0.2) is 36.5 Å². The maximum absolute atomic E-state index is 14.2. The van der Waals surface area contributed by atoms with E-state index in [0.29, 0.717) is 19.5 Å². The number of amides is 4. The SMILES string of the molecule is CC[C@H](C)C([C@@H](CC(=O)N1CCC[C@H]1[C@H](OC)[C@@H](C)C(=O)NCCc1cnc2ccccc2c1)OC)N(C)C(=O)[C@@H](NC(=O)C(C(C)C)N(C)C)C(C)C. The number of nitrogens with zero attached hydrogens (tertiary/aromatic N) is 4. The van der Waals surface area contributed by atoms with Gasteiger partial charge in [-0.2, -0.15) is 0 Å². The number of benzene rings is 1. The largest absolute Gasteiger partial charge is 0.379 e. The summed E-state index contributed by atoms with van der Waals surface area (Å²) in [6, 6.07) is 8.22. The van der Waals surface area contributed by atoms with Crippen LogP contribution >= 0.6 is 0 Å². The molecule has 1 aromatic carbocycles. The summed E-state index contributed by atoms with van der Waals surface area (Å²) in [6.45, 7) is 14.8. The highest BCUT2D eigenvalue weighted by Gasteiger charge is 2.43. The molecule has 1 aliphatic heterocycles. The van der Waals surface area contributed by atoms with Crippen LogP contribution in [0, 0.1) is 23.7 Å². The Morgan fingerprint density at radius 3 is 2.24 bits per heavy atom. The molecule has 0 bridgehead atoms. The van der Waals surface area contributed by atoms with Crippen LogP contribution in [0.2, 0.25) is 0 Å². The van der Waals surface area contributed by atoms with Crippen LogP contribution in [0.1, 0.15) is 79.7 Å². The number of nitrogens with one attached hydrogen (secondary N) is 2. The molecule has 12 heteroatoms. The minimum atomic E-state index is -0.745. The Hall–Kier alpha value is -3.61. The summed E-state index contributed by atoms with van der Waals surface area (Å²) in [7, 11) is 8.66. The number of ether oxygens (including phenoxy) is 2. The maximum atomic E-state index is 14.2. The molecule has 1 saturated heterocycles. The Kier molecular flexibility index (Phi) is 17.3. The third-order valence-electron chi connectivity index (χ3n) is 11.3. The molecule has 302 valence electrons. The number of pyridine rings is 1. The van der Waals surface area contributed by atoms with E-state index in [2.05, 4.69) is 35.5 Å². The summed E-state index contributed by atoms with van der Waals surface area (Å²) in [5, 5.41) is 7.18. The van der Waals surface area contributed by atoms with Crippen LogP contribution in [0.3, 0.4) is 0 Å². The normalized spacial score (nSPS) is 18.6. The van der Waals surface area contributed by atoms with E-state index in [0.717, 1.165) is 35.7 Å². The van der Waals surface area contributed by atoms with Crippen LogP contribution in [-0.2, 0) is 35.1 Å². The molecule has 2 aromatic rings. The zero-order chi connectivity index (χ0) is 40.3. The van der Waals surface area contributed by atoms with Crippen molar-refractivity contribution in [3.8, 4) is 0 Å². The average Bonchev–Trinajstić information content (AvgIpc) is 3.62. The summed E-state index contributed by atoms with van der Waals surface area (Å²) in [4.78, 5) is 65.2. The fourth-order valence-electron chi connectivity index (χ4n) is 8.16. The van der Waals surface area contributed by atoms with Gasteiger partial charge in [0.2, 0.25) is 23.6 Å². The molecular formula is C42H68N6O6. The number of likely N-dealkylation sites (tertiary alicyclic amines) is 1. The van der Waals surface area contributed by atoms with Gasteiger partial charge in [-0.3, -0.25) is 29.1 Å². The molecule has 3 rings (SSSR count). The lowest BCUT2D eigenvalue weighted by Gasteiger charge is -2.41. The first-order valence-corrected chi connectivity index (χ1v) is 19.8. The molecule has 0 saturated carbocycles. The smallest absolute Gasteiger partial charge is 0.245 e. The van der Waals surface area contributed by atoms with E-state index in [1.165, 1.54) is 0 Å². The number of hydrogen-bond donors (Lipinski definition) is 2. The zero-order valence-electron chi connectivity index (χ0n) is 34.9. The second kappa shape index (κ2) is 20.9. The lowest BCUT2D eigenvalue weighted by Crippen LogP contribution is -2.59. The number of carbonyl (C=O) groups excluding carboxylic acids is 4. The molecule has 2 N–H and O–H groups in total. The van der Waals surface area contributed by atoms with E-state index < -0.39 is 30.2 Å². The Bertz CT molecular complexity index is 1530. The van der Waals surface area contributed by atoms with Gasteiger partial charge in [0.05, 0.1) is 48.2 Å². The highest BCUT2D eigenvalue weighted by atomic mass is 16.5. The van der Waals surface area contributed by atoms with E-state index >= 15 is 0 Å². The number of likely N-dealkylation sites (N-methyl/N-ethyl adjacent to an activating group) is 2. The van der Waals surface area contributed by atoms with Crippen molar-refractivity contribution in [3.05, 3.63) is 42.1 Å². The molecule has 1 fully saturated rings. The number of para-hydroxylation sites is 1. The van der Waals surface area contributed by atoms with Gasteiger partial charge in [-0.15, -0.1) is 0 Å². The topological polar surface area (TPSA) is 133 Å². The molecule has 2 heterocycles. The summed E-state index contributed by atoms with van der Waals surface area (Å²) < 4.78 is 12.0. The van der Waals surface area contributed by atoms with Crippen molar-refractivity contribution in [3.63, 3.8) is 0 Å². The second-order valence-electron chi connectivity index (χ2n) is 16.0. The molecule has 12 nitrogen and oxygen atoms in total. The van der Waals surface area contributed by atoms with E-state index in [1.54, 1.807) is 26.2 Å². The van der Waals surface area contributed by atoms with Crippen LogP contribution in [0.25, 0.3) is 10.9 Å². The predicted molar refractivity (Wildman–Crippen MR) is 214 cm³/mol. The van der Waals surface area contributed by atoms with Gasteiger partial charge >= 0.3 is 0 Å². The van der Waals surface area contributed by atoms with E-state index in [1.807, 2.05) is 89.0 Å². The fraction of sp³-hybridized carbons (Fsp3) is 0.690. The molecule has 0 aliphatic carbocycles. The van der Waals surface area contributed by atoms with Crippen LogP contribution in [0.5, 0.6) is 0 Å². The lowest BCUT2D eigenvalue weighted by molar-refractivity contribution is -0.148. The minimum absolute atomic E-state index is 0.000562. The maximum Gasteiger partial charge on any atom is 0.245 e. The van der Waals surface area contributed by atoms with Crippen LogP contribution < -0.4 is 10.6 Å². The van der Waals surface area contributed by atoms with Gasteiger partial charge in [0.25, 0.3) is 0 Å². The van der Waals surface area contributed by atoms with Crippen molar-refractivity contribution in [1.29, 1.82) is 0 Å². The summed E-state index contributed by atoms with van der Waals surface area (Å²) >= 11 is 0. The number of carbonyl (C=O) groups is 4. The van der Waals surface area contributed by atoms with Crippen molar-refractivity contribution in [2.45, 2.75) is 117 Å². The fourth-order valence-corrected chi connectivity index (χ4v) is 8.16. The molecule has 1 aliphatic rings. The van der Waals surface area contributed by atoms with E-state index in [4.69, 9.17) is 9.47 Å². The van der Waals surface area contributed by atoms with Crippen molar-refractivity contribution < 1.29 is 28.7 Å². The molecule has 54 heavy (non-hydrogen) atoms. The number of aromatic nitrogens is 1. The second-order valence-corrected chi connectivity index (χ2v) is 16.0. The Balaban J connectivity index is 1.71. The van der Waals surface area contributed by atoms with Gasteiger partial charge in [0.15, 0.2) is 0 Å². The lowest BCUT2D eigenvalue weighted by atomic mass is 9.89. The van der Waals surface area contributed by atoms with E-state index in [-0.39, 0.29) is 59.9 Å². The molecule has 4 amide bonds. The molecule has 2 unspecified atom stereocenters. The zero-order valence-corrected chi connectivity index (χ0v) is 34.9. The highest BCUT2D eigenvalue weighted by molar-refractivity contribution is 5.90. The van der Waals surface area contributed by atoms with Gasteiger partial charge in [-0.25, -0.2) is 0 Å². The molecule has 1 aromatic heterocycles. The minimum Gasteiger partial charge on any atom is -0.379 e. The number of hydrogen-bond acceptors (Lipinski definition) is 8. The van der Waals surface area contributed by atoms with Gasteiger partial charge in [0.1, 0.15) is 6.04 Å². The third-order valence-corrected chi connectivity index (χ3v) is 11.3. The Morgan fingerprint density at radius 2 is 1.65 bits per heavy atom. The summed E-state index contributed by atoms with van der Waals surface area (Å²) in [6.07, 6.45) is 3.73. The van der Waals surface area contributed by atoms with Crippen molar-refractivity contribution in [2.24, 2.45) is 23.7 Å². The van der Waals surface area contributed by atoms with Gasteiger partial charge in [-0.1, -0.05) is 73.1 Å².